The fraction of sp³-hybridized carbons (Fsp3) is 0.250. The second-order valence-electron chi connectivity index (χ2n) is 2.06. The van der Waals surface area contributed by atoms with Crippen molar-refractivity contribution in [3.63, 3.8) is 0 Å². The van der Waals surface area contributed by atoms with Gasteiger partial charge < -0.3 is 9.94 Å². The van der Waals surface area contributed by atoms with Gasteiger partial charge in [0.25, 0.3) is 0 Å². The number of hydroxylamine groups is 2. The summed E-state index contributed by atoms with van der Waals surface area (Å²) in [6, 6.07) is 0. The van der Waals surface area contributed by atoms with Gasteiger partial charge in [-0.2, -0.15) is 0 Å². The van der Waals surface area contributed by atoms with Crippen LogP contribution in [0.4, 0.5) is 0 Å². The van der Waals surface area contributed by atoms with Gasteiger partial charge in [0.2, 0.25) is 0 Å². The summed E-state index contributed by atoms with van der Waals surface area (Å²) < 4.78 is 0. The highest BCUT2D eigenvalue weighted by atomic mass is 16.7. The molecule has 1 heterocycles. The average molecular weight is 151 g/mol. The van der Waals surface area contributed by atoms with Crippen molar-refractivity contribution in [2.45, 2.75) is 6.10 Å². The predicted molar refractivity (Wildman–Crippen MR) is 40.9 cm³/mol. The van der Waals surface area contributed by atoms with Gasteiger partial charge >= 0.3 is 0 Å². The molecule has 0 aromatic rings. The van der Waals surface area contributed by atoms with Crippen molar-refractivity contribution in [3.05, 3.63) is 24.6 Å². The van der Waals surface area contributed by atoms with Gasteiger partial charge in [0, 0.05) is 6.20 Å². The molecule has 1 N–H and O–H groups in total. The van der Waals surface area contributed by atoms with Crippen molar-refractivity contribution in [1.29, 1.82) is 0 Å². The maximum atomic E-state index is 8.99. The van der Waals surface area contributed by atoms with E-state index < -0.39 is 6.10 Å². The van der Waals surface area contributed by atoms with E-state index in [4.69, 9.17) is 16.4 Å². The zero-order chi connectivity index (χ0) is 8.10. The maximum Gasteiger partial charge on any atom is 0.135 e. The minimum absolute atomic E-state index is 0.289. The van der Waals surface area contributed by atoms with Crippen molar-refractivity contribution in [1.82, 2.24) is 5.06 Å². The first-order valence-corrected chi connectivity index (χ1v) is 3.24. The summed E-state index contributed by atoms with van der Waals surface area (Å²) in [5, 5.41) is 10.5. The van der Waals surface area contributed by atoms with Crippen LogP contribution in [0.5, 0.6) is 0 Å². The molecule has 0 aliphatic carbocycles. The second kappa shape index (κ2) is 3.69. The van der Waals surface area contributed by atoms with Gasteiger partial charge in [0.15, 0.2) is 0 Å². The predicted octanol–water partition coefficient (Wildman–Crippen LogP) is 0.255. The van der Waals surface area contributed by atoms with Crippen LogP contribution in [0.1, 0.15) is 0 Å². The van der Waals surface area contributed by atoms with Crippen LogP contribution >= 0.6 is 0 Å². The van der Waals surface area contributed by atoms with Crippen LogP contribution in [0.3, 0.4) is 0 Å². The topological polar surface area (TPSA) is 32.7 Å². The third-order valence-corrected chi connectivity index (χ3v) is 1.18. The van der Waals surface area contributed by atoms with E-state index in [0.29, 0.717) is 0 Å². The molecule has 1 aliphatic heterocycles. The molecule has 3 heteroatoms. The summed E-state index contributed by atoms with van der Waals surface area (Å²) in [5.74, 6) is 2.19. The lowest BCUT2D eigenvalue weighted by atomic mass is 10.4. The molecule has 1 aliphatic rings. The van der Waals surface area contributed by atoms with Crippen LogP contribution in [0, 0.1) is 12.3 Å². The molecule has 1 atom stereocenters. The first-order chi connectivity index (χ1) is 5.33. The molecule has 3 nitrogen and oxygen atoms in total. The van der Waals surface area contributed by atoms with E-state index in [0.717, 1.165) is 0 Å². The molecule has 1 rings (SSSR count). The maximum absolute atomic E-state index is 8.99. The van der Waals surface area contributed by atoms with Crippen LogP contribution < -0.4 is 0 Å². The van der Waals surface area contributed by atoms with Crippen LogP contribution in [0.25, 0.3) is 0 Å². The Morgan fingerprint density at radius 1 is 1.64 bits per heavy atom. The molecular formula is C8H9NO2. The molecule has 1 unspecified atom stereocenters. The molecule has 0 bridgehead atoms. The largest absolute Gasteiger partial charge is 0.388 e. The molecule has 0 aromatic heterocycles. The molecule has 0 saturated carbocycles. The third-order valence-electron chi connectivity index (χ3n) is 1.18. The van der Waals surface area contributed by atoms with E-state index in [1.165, 1.54) is 11.3 Å². The normalized spacial score (nSPS) is 17.3. The minimum Gasteiger partial charge on any atom is -0.388 e. The molecule has 0 spiro atoms. The van der Waals surface area contributed by atoms with Crippen molar-refractivity contribution in [2.75, 3.05) is 6.54 Å². The highest BCUT2D eigenvalue weighted by Crippen LogP contribution is 2.00. The Morgan fingerprint density at radius 2 is 2.45 bits per heavy atom. The van der Waals surface area contributed by atoms with E-state index in [9.17, 15) is 0 Å². The van der Waals surface area contributed by atoms with Crippen LogP contribution in [-0.4, -0.2) is 22.8 Å². The zero-order valence-corrected chi connectivity index (χ0v) is 5.97. The molecule has 0 saturated heterocycles. The smallest absolute Gasteiger partial charge is 0.135 e. The SMILES string of the molecule is C#CC(O)CN1C=CC=CO1. The van der Waals surface area contributed by atoms with E-state index in [1.54, 1.807) is 18.4 Å². The number of hydrogen-bond donors (Lipinski definition) is 1. The third kappa shape index (κ3) is 2.36. The Morgan fingerprint density at radius 3 is 3.00 bits per heavy atom. The highest BCUT2D eigenvalue weighted by Gasteiger charge is 2.05. The first kappa shape index (κ1) is 7.70. The summed E-state index contributed by atoms with van der Waals surface area (Å²) in [5.41, 5.74) is 0. The zero-order valence-electron chi connectivity index (χ0n) is 5.97. The number of allylic oxidation sites excluding steroid dienone is 2. The lowest BCUT2D eigenvalue weighted by Crippen LogP contribution is -2.26. The van der Waals surface area contributed by atoms with E-state index in [1.807, 2.05) is 0 Å². The molecule has 0 radical (unpaired) electrons. The van der Waals surface area contributed by atoms with Gasteiger partial charge in [-0.1, -0.05) is 5.92 Å². The fourth-order valence-corrected chi connectivity index (χ4v) is 0.667. The van der Waals surface area contributed by atoms with Crippen LogP contribution in [0.15, 0.2) is 24.6 Å². The number of rotatable bonds is 2. The summed E-state index contributed by atoms with van der Waals surface area (Å²) in [4.78, 5) is 4.96. The fourth-order valence-electron chi connectivity index (χ4n) is 0.667. The lowest BCUT2D eigenvalue weighted by Gasteiger charge is -2.20. The van der Waals surface area contributed by atoms with E-state index >= 15 is 0 Å². The van der Waals surface area contributed by atoms with Crippen molar-refractivity contribution in [3.8, 4) is 12.3 Å². The van der Waals surface area contributed by atoms with E-state index in [-0.39, 0.29) is 6.54 Å². The number of aliphatic hydroxyl groups excluding tert-OH is 1. The molecule has 11 heavy (non-hydrogen) atoms. The van der Waals surface area contributed by atoms with Gasteiger partial charge in [-0.15, -0.1) is 6.42 Å². The summed E-state index contributed by atoms with van der Waals surface area (Å²) >= 11 is 0. The van der Waals surface area contributed by atoms with Gasteiger partial charge in [-0.3, -0.25) is 0 Å². The number of hydrogen-bond acceptors (Lipinski definition) is 3. The van der Waals surface area contributed by atoms with Crippen LogP contribution in [0.2, 0.25) is 0 Å². The van der Waals surface area contributed by atoms with Gasteiger partial charge in [0.05, 0.1) is 6.54 Å². The highest BCUT2D eigenvalue weighted by molar-refractivity contribution is 5.03. The van der Waals surface area contributed by atoms with E-state index in [2.05, 4.69) is 5.92 Å². The minimum atomic E-state index is -0.786. The summed E-state index contributed by atoms with van der Waals surface area (Å²) in [6.45, 7) is 0.289. The lowest BCUT2D eigenvalue weighted by molar-refractivity contribution is -0.0758. The Kier molecular flexibility index (Phi) is 2.59. The summed E-state index contributed by atoms with van der Waals surface area (Å²) in [6.07, 6.45) is 10.9. The van der Waals surface area contributed by atoms with Crippen LogP contribution in [-0.2, 0) is 4.84 Å². The number of aliphatic hydroxyl groups is 1. The number of terminal acetylenes is 1. The summed E-state index contributed by atoms with van der Waals surface area (Å²) in [7, 11) is 0. The Balaban J connectivity index is 2.34. The van der Waals surface area contributed by atoms with Gasteiger partial charge in [0.1, 0.15) is 12.4 Å². The first-order valence-electron chi connectivity index (χ1n) is 3.24. The van der Waals surface area contributed by atoms with Crippen molar-refractivity contribution in [2.24, 2.45) is 0 Å². The van der Waals surface area contributed by atoms with Gasteiger partial charge in [-0.05, 0) is 12.2 Å². The Hall–Kier alpha value is -1.40. The molecular weight excluding hydrogens is 142 g/mol. The standard InChI is InChI=1S/C8H9NO2/c1-2-8(10)7-9-5-3-4-6-11-9/h1,3-6,8,10H,7H2. The monoisotopic (exact) mass is 151 g/mol. The molecule has 58 valence electrons. The molecule has 0 aromatic carbocycles. The number of β-amino-alcohol motifs (C(OH)–C–C–N with tert-alkyl or cyclic N) is 1. The second-order valence-corrected chi connectivity index (χ2v) is 2.06. The van der Waals surface area contributed by atoms with Crippen molar-refractivity contribution < 1.29 is 9.94 Å². The van der Waals surface area contributed by atoms with Crippen molar-refractivity contribution >= 4 is 0 Å². The molecule has 0 amide bonds. The average Bonchev–Trinajstić information content (AvgIpc) is 2.06. The number of nitrogens with zero attached hydrogens (tertiary/aromatic N) is 1. The van der Waals surface area contributed by atoms with Gasteiger partial charge in [-0.25, -0.2) is 5.06 Å². The Labute approximate surface area is 65.5 Å². The molecule has 0 fully saturated rings. The quantitative estimate of drug-likeness (QED) is 0.574. The Bertz CT molecular complexity index is 215.